The first-order valence-electron chi connectivity index (χ1n) is 8.97. The van der Waals surface area contributed by atoms with Gasteiger partial charge in [0.2, 0.25) is 5.91 Å². The number of rotatable bonds is 3. The fourth-order valence-electron chi connectivity index (χ4n) is 3.64. The largest absolute Gasteiger partial charge is 0.457 e. The third kappa shape index (κ3) is 3.23. The highest BCUT2D eigenvalue weighted by Crippen LogP contribution is 2.34. The Bertz CT molecular complexity index is 901. The van der Waals surface area contributed by atoms with Crippen molar-refractivity contribution in [1.29, 1.82) is 0 Å². The molecule has 26 heavy (non-hydrogen) atoms. The van der Waals surface area contributed by atoms with Gasteiger partial charge in [-0.3, -0.25) is 4.79 Å². The van der Waals surface area contributed by atoms with Crippen molar-refractivity contribution in [3.05, 3.63) is 84.2 Å². The number of fused-ring (bicyclic) bond motifs is 1. The second kappa shape index (κ2) is 7.08. The van der Waals surface area contributed by atoms with Crippen LogP contribution in [0.5, 0.6) is 11.5 Å². The maximum absolute atomic E-state index is 12.3. The summed E-state index contributed by atoms with van der Waals surface area (Å²) in [5.74, 6) is 1.68. The third-order valence-electron chi connectivity index (χ3n) is 4.81. The normalized spacial score (nSPS) is 16.7. The van der Waals surface area contributed by atoms with E-state index in [4.69, 9.17) is 4.74 Å². The van der Waals surface area contributed by atoms with E-state index in [2.05, 4.69) is 29.0 Å². The molecule has 1 amide bonds. The molecule has 0 saturated carbocycles. The third-order valence-corrected chi connectivity index (χ3v) is 4.81. The van der Waals surface area contributed by atoms with E-state index >= 15 is 0 Å². The quantitative estimate of drug-likeness (QED) is 0.693. The summed E-state index contributed by atoms with van der Waals surface area (Å²) in [6, 6.07) is 21.9. The number of benzene rings is 2. The molecule has 0 N–H and O–H groups in total. The van der Waals surface area contributed by atoms with Gasteiger partial charge in [0.25, 0.3) is 0 Å². The van der Waals surface area contributed by atoms with Crippen LogP contribution in [0.3, 0.4) is 0 Å². The van der Waals surface area contributed by atoms with Crippen LogP contribution in [0.1, 0.15) is 30.6 Å². The number of hydrogen-bond donors (Lipinski definition) is 0. The molecule has 1 aliphatic heterocycles. The number of carbonyl (C=O) groups excluding carboxylic acids is 1. The highest BCUT2D eigenvalue weighted by atomic mass is 16.5. The topological polar surface area (TPSA) is 34.5 Å². The molecule has 1 aliphatic rings. The lowest BCUT2D eigenvalue weighted by atomic mass is 10.0. The number of nitrogens with zero attached hydrogens (tertiary/aromatic N) is 2. The molecule has 0 aliphatic carbocycles. The van der Waals surface area contributed by atoms with Gasteiger partial charge in [0.1, 0.15) is 11.5 Å². The Kier molecular flexibility index (Phi) is 4.48. The molecule has 0 fully saturated rings. The smallest absolute Gasteiger partial charge is 0.220 e. The lowest BCUT2D eigenvalue weighted by molar-refractivity contribution is -0.130. The van der Waals surface area contributed by atoms with Gasteiger partial charge in [-0.1, -0.05) is 30.3 Å². The first-order valence-corrected chi connectivity index (χ1v) is 8.97. The Morgan fingerprint density at radius 3 is 2.58 bits per heavy atom. The molecule has 2 heterocycles. The van der Waals surface area contributed by atoms with Crippen LogP contribution in [0, 0.1) is 0 Å². The van der Waals surface area contributed by atoms with Crippen LogP contribution < -0.4 is 4.74 Å². The van der Waals surface area contributed by atoms with Gasteiger partial charge in [-0.15, -0.1) is 0 Å². The molecule has 4 rings (SSSR count). The van der Waals surface area contributed by atoms with Gasteiger partial charge in [-0.2, -0.15) is 0 Å². The zero-order chi connectivity index (χ0) is 17.9. The fraction of sp³-hybridized carbons (Fsp3) is 0.227. The van der Waals surface area contributed by atoms with Crippen LogP contribution in [0.15, 0.2) is 72.9 Å². The highest BCUT2D eigenvalue weighted by molar-refractivity contribution is 5.74. The molecule has 0 radical (unpaired) electrons. The van der Waals surface area contributed by atoms with E-state index in [0.717, 1.165) is 42.3 Å². The predicted molar refractivity (Wildman–Crippen MR) is 101 cm³/mol. The summed E-state index contributed by atoms with van der Waals surface area (Å²) in [6.07, 6.45) is 3.05. The van der Waals surface area contributed by atoms with E-state index < -0.39 is 0 Å². The highest BCUT2D eigenvalue weighted by Gasteiger charge is 2.29. The molecule has 3 aromatic rings. The lowest BCUT2D eigenvalue weighted by Crippen LogP contribution is -2.33. The number of para-hydroxylation sites is 1. The van der Waals surface area contributed by atoms with Crippen LogP contribution in [-0.4, -0.2) is 21.9 Å². The fourth-order valence-corrected chi connectivity index (χ4v) is 3.64. The Morgan fingerprint density at radius 2 is 1.77 bits per heavy atom. The Labute approximate surface area is 153 Å². The van der Waals surface area contributed by atoms with E-state index in [1.54, 1.807) is 6.92 Å². The van der Waals surface area contributed by atoms with Crippen LogP contribution in [0.2, 0.25) is 0 Å². The Morgan fingerprint density at radius 1 is 0.962 bits per heavy atom. The summed E-state index contributed by atoms with van der Waals surface area (Å²) < 4.78 is 8.24. The number of ether oxygens (including phenoxy) is 1. The number of aryl methyl sites for hydroxylation is 1. The van der Waals surface area contributed by atoms with Crippen molar-refractivity contribution in [2.45, 2.75) is 25.9 Å². The SMILES string of the molecule is CC(=O)N1CCCn2cccc2C1c1cccc(Oc2ccccc2)c1. The summed E-state index contributed by atoms with van der Waals surface area (Å²) in [5.41, 5.74) is 2.21. The summed E-state index contributed by atoms with van der Waals surface area (Å²) >= 11 is 0. The van der Waals surface area contributed by atoms with Crippen LogP contribution >= 0.6 is 0 Å². The molecular formula is C22H22N2O2. The van der Waals surface area contributed by atoms with E-state index in [0.29, 0.717) is 0 Å². The average molecular weight is 346 g/mol. The van der Waals surface area contributed by atoms with Gasteiger partial charge in [-0.05, 0) is 48.4 Å². The molecule has 1 atom stereocenters. The summed E-state index contributed by atoms with van der Waals surface area (Å²) in [5, 5.41) is 0. The summed E-state index contributed by atoms with van der Waals surface area (Å²) in [4.78, 5) is 14.3. The van der Waals surface area contributed by atoms with Crippen molar-refractivity contribution in [3.8, 4) is 11.5 Å². The molecule has 0 spiro atoms. The van der Waals surface area contributed by atoms with E-state index in [1.807, 2.05) is 53.4 Å². The van der Waals surface area contributed by atoms with Crippen LogP contribution in [-0.2, 0) is 11.3 Å². The van der Waals surface area contributed by atoms with Crippen LogP contribution in [0.25, 0.3) is 0 Å². The zero-order valence-electron chi connectivity index (χ0n) is 14.8. The molecular weight excluding hydrogens is 324 g/mol. The van der Waals surface area contributed by atoms with Crippen molar-refractivity contribution in [2.24, 2.45) is 0 Å². The van der Waals surface area contributed by atoms with Gasteiger partial charge in [0.05, 0.1) is 6.04 Å². The van der Waals surface area contributed by atoms with Crippen molar-refractivity contribution < 1.29 is 9.53 Å². The lowest BCUT2D eigenvalue weighted by Gasteiger charge is -2.30. The van der Waals surface area contributed by atoms with Crippen molar-refractivity contribution >= 4 is 5.91 Å². The van der Waals surface area contributed by atoms with E-state index in [1.165, 1.54) is 0 Å². The Hall–Kier alpha value is -3.01. The molecule has 0 bridgehead atoms. The summed E-state index contributed by atoms with van der Waals surface area (Å²) in [7, 11) is 0. The number of carbonyl (C=O) groups is 1. The first kappa shape index (κ1) is 16.5. The van der Waals surface area contributed by atoms with Crippen molar-refractivity contribution in [2.75, 3.05) is 6.54 Å². The number of aromatic nitrogens is 1. The monoisotopic (exact) mass is 346 g/mol. The minimum Gasteiger partial charge on any atom is -0.457 e. The average Bonchev–Trinajstić information content (AvgIpc) is 3.02. The molecule has 4 heteroatoms. The molecule has 1 unspecified atom stereocenters. The van der Waals surface area contributed by atoms with Crippen molar-refractivity contribution in [3.63, 3.8) is 0 Å². The standard InChI is InChI=1S/C22H22N2O2/c1-17(25)24-15-7-14-23-13-6-12-21(23)22(24)18-8-5-11-20(16-18)26-19-9-3-2-4-10-19/h2-6,8-13,16,22H,7,14-15H2,1H3. The minimum absolute atomic E-state index is 0.0932. The van der Waals surface area contributed by atoms with Gasteiger partial charge < -0.3 is 14.2 Å². The minimum atomic E-state index is -0.0932. The predicted octanol–water partition coefficient (Wildman–Crippen LogP) is 4.62. The summed E-state index contributed by atoms with van der Waals surface area (Å²) in [6.45, 7) is 3.34. The van der Waals surface area contributed by atoms with Gasteiger partial charge in [-0.25, -0.2) is 0 Å². The van der Waals surface area contributed by atoms with E-state index in [9.17, 15) is 4.79 Å². The molecule has 0 saturated heterocycles. The first-order chi connectivity index (χ1) is 12.7. The Balaban J connectivity index is 1.72. The molecule has 4 nitrogen and oxygen atoms in total. The number of hydrogen-bond acceptors (Lipinski definition) is 2. The van der Waals surface area contributed by atoms with E-state index in [-0.39, 0.29) is 11.9 Å². The second-order valence-electron chi connectivity index (χ2n) is 6.58. The number of amides is 1. The second-order valence-corrected chi connectivity index (χ2v) is 6.58. The zero-order valence-corrected chi connectivity index (χ0v) is 14.8. The van der Waals surface area contributed by atoms with Gasteiger partial charge >= 0.3 is 0 Å². The van der Waals surface area contributed by atoms with Crippen LogP contribution in [0.4, 0.5) is 0 Å². The van der Waals surface area contributed by atoms with Crippen molar-refractivity contribution in [1.82, 2.24) is 9.47 Å². The molecule has 132 valence electrons. The molecule has 2 aromatic carbocycles. The molecule has 1 aromatic heterocycles. The van der Waals surface area contributed by atoms with Gasteiger partial charge in [0, 0.05) is 31.9 Å². The van der Waals surface area contributed by atoms with Gasteiger partial charge in [0.15, 0.2) is 0 Å². The maximum atomic E-state index is 12.3. The maximum Gasteiger partial charge on any atom is 0.220 e.